The third-order valence-electron chi connectivity index (χ3n) is 3.17. The van der Waals surface area contributed by atoms with Crippen LogP contribution in [0.1, 0.15) is 42.6 Å². The smallest absolute Gasteiger partial charge is 0.104 e. The summed E-state index contributed by atoms with van der Waals surface area (Å²) in [4.78, 5) is 0. The predicted octanol–water partition coefficient (Wildman–Crippen LogP) is 3.47. The first-order valence-corrected chi connectivity index (χ1v) is 6.21. The molecular weight excluding hydrogens is 222 g/mol. The second-order valence-electron chi connectivity index (χ2n) is 4.89. The molecule has 3 N–H and O–H groups in total. The van der Waals surface area contributed by atoms with Crippen LogP contribution in [0.2, 0.25) is 0 Å². The molecule has 0 fully saturated rings. The Bertz CT molecular complexity index is 500. The molecule has 0 aliphatic rings. The fourth-order valence-electron chi connectivity index (χ4n) is 1.93. The molecule has 0 aliphatic heterocycles. The average Bonchev–Trinajstić information content (AvgIpc) is 2.39. The number of aliphatic hydroxyl groups is 1. The summed E-state index contributed by atoms with van der Waals surface area (Å²) in [5.74, 6) is 0.507. The number of benzene rings is 2. The zero-order chi connectivity index (χ0) is 13.1. The van der Waals surface area contributed by atoms with Crippen molar-refractivity contribution in [3.8, 4) is 0 Å². The van der Waals surface area contributed by atoms with Crippen LogP contribution in [0.5, 0.6) is 0 Å². The molecule has 0 amide bonds. The molecule has 2 heteroatoms. The zero-order valence-electron chi connectivity index (χ0n) is 10.8. The maximum atomic E-state index is 10.3. The van der Waals surface area contributed by atoms with E-state index in [2.05, 4.69) is 26.0 Å². The molecule has 1 atom stereocenters. The van der Waals surface area contributed by atoms with Gasteiger partial charge in [-0.25, -0.2) is 0 Å². The van der Waals surface area contributed by atoms with Crippen molar-refractivity contribution >= 4 is 5.69 Å². The fraction of sp³-hybridized carbons (Fsp3) is 0.250. The molecule has 94 valence electrons. The molecule has 0 saturated heterocycles. The lowest BCUT2D eigenvalue weighted by Gasteiger charge is -2.13. The number of hydrogen-bond donors (Lipinski definition) is 2. The minimum Gasteiger partial charge on any atom is -0.399 e. The van der Waals surface area contributed by atoms with Crippen LogP contribution in [0, 0.1) is 0 Å². The number of hydrogen-bond acceptors (Lipinski definition) is 2. The van der Waals surface area contributed by atoms with E-state index in [1.54, 1.807) is 12.1 Å². The first kappa shape index (κ1) is 12.7. The van der Waals surface area contributed by atoms with Gasteiger partial charge in [0, 0.05) is 5.69 Å². The number of nitrogens with two attached hydrogens (primary N) is 1. The van der Waals surface area contributed by atoms with Gasteiger partial charge in [0.15, 0.2) is 0 Å². The van der Waals surface area contributed by atoms with Crippen LogP contribution in [0.15, 0.2) is 48.5 Å². The minimum atomic E-state index is -0.591. The van der Waals surface area contributed by atoms with Crippen LogP contribution in [0.3, 0.4) is 0 Å². The van der Waals surface area contributed by atoms with Crippen molar-refractivity contribution in [2.24, 2.45) is 0 Å². The number of aliphatic hydroxyl groups excluding tert-OH is 1. The van der Waals surface area contributed by atoms with Crippen LogP contribution in [-0.2, 0) is 0 Å². The Morgan fingerprint density at radius 3 is 1.61 bits per heavy atom. The van der Waals surface area contributed by atoms with Crippen molar-refractivity contribution in [1.29, 1.82) is 0 Å². The van der Waals surface area contributed by atoms with E-state index in [4.69, 9.17) is 5.73 Å². The first-order valence-electron chi connectivity index (χ1n) is 6.21. The Hall–Kier alpha value is -1.80. The van der Waals surface area contributed by atoms with E-state index in [1.165, 1.54) is 5.56 Å². The molecule has 0 radical (unpaired) electrons. The van der Waals surface area contributed by atoms with Gasteiger partial charge >= 0.3 is 0 Å². The highest BCUT2D eigenvalue weighted by Gasteiger charge is 2.10. The molecule has 2 rings (SSSR count). The monoisotopic (exact) mass is 241 g/mol. The Kier molecular flexibility index (Phi) is 3.68. The fourth-order valence-corrected chi connectivity index (χ4v) is 1.93. The molecule has 0 saturated carbocycles. The van der Waals surface area contributed by atoms with Gasteiger partial charge in [0.25, 0.3) is 0 Å². The van der Waals surface area contributed by atoms with Crippen molar-refractivity contribution in [3.63, 3.8) is 0 Å². The molecule has 0 bridgehead atoms. The summed E-state index contributed by atoms with van der Waals surface area (Å²) in [5.41, 5.74) is 9.40. The van der Waals surface area contributed by atoms with Gasteiger partial charge < -0.3 is 10.8 Å². The highest BCUT2D eigenvalue weighted by molar-refractivity contribution is 5.42. The molecule has 2 aromatic rings. The molecule has 0 aromatic heterocycles. The largest absolute Gasteiger partial charge is 0.399 e. The van der Waals surface area contributed by atoms with Crippen molar-refractivity contribution in [2.75, 3.05) is 5.73 Å². The van der Waals surface area contributed by atoms with Crippen LogP contribution in [0.4, 0.5) is 5.69 Å². The molecular formula is C16H19NO. The topological polar surface area (TPSA) is 46.2 Å². The van der Waals surface area contributed by atoms with E-state index >= 15 is 0 Å². The van der Waals surface area contributed by atoms with E-state index in [0.29, 0.717) is 11.6 Å². The molecule has 0 spiro atoms. The predicted molar refractivity (Wildman–Crippen MR) is 75.4 cm³/mol. The Morgan fingerprint density at radius 1 is 0.778 bits per heavy atom. The summed E-state index contributed by atoms with van der Waals surface area (Å²) in [7, 11) is 0. The van der Waals surface area contributed by atoms with Gasteiger partial charge in [-0.15, -0.1) is 0 Å². The number of nitrogen functional groups attached to an aromatic ring is 1. The van der Waals surface area contributed by atoms with E-state index in [-0.39, 0.29) is 0 Å². The van der Waals surface area contributed by atoms with Crippen molar-refractivity contribution in [1.82, 2.24) is 0 Å². The van der Waals surface area contributed by atoms with Gasteiger partial charge in [-0.2, -0.15) is 0 Å². The zero-order valence-corrected chi connectivity index (χ0v) is 10.8. The van der Waals surface area contributed by atoms with Crippen LogP contribution >= 0.6 is 0 Å². The van der Waals surface area contributed by atoms with Gasteiger partial charge in [0.05, 0.1) is 0 Å². The number of anilines is 1. The maximum Gasteiger partial charge on any atom is 0.104 e. The minimum absolute atomic E-state index is 0.507. The highest BCUT2D eigenvalue weighted by atomic mass is 16.3. The lowest BCUT2D eigenvalue weighted by molar-refractivity contribution is 0.220. The van der Waals surface area contributed by atoms with Crippen molar-refractivity contribution in [2.45, 2.75) is 25.9 Å². The Balaban J connectivity index is 2.23. The van der Waals surface area contributed by atoms with Gasteiger partial charge in [-0.05, 0) is 34.7 Å². The summed E-state index contributed by atoms with van der Waals surface area (Å²) >= 11 is 0. The van der Waals surface area contributed by atoms with E-state index in [9.17, 15) is 5.11 Å². The van der Waals surface area contributed by atoms with Gasteiger partial charge in [-0.3, -0.25) is 0 Å². The molecule has 0 unspecified atom stereocenters. The van der Waals surface area contributed by atoms with E-state index < -0.39 is 6.10 Å². The standard InChI is InChI=1S/C16H19NO/c1-11(2)12-3-5-13(6-4-12)16(18)14-7-9-15(17)10-8-14/h3-11,16,18H,17H2,1-2H3/t16-/m1/s1. The summed E-state index contributed by atoms with van der Waals surface area (Å²) < 4.78 is 0. The molecule has 0 heterocycles. The quantitative estimate of drug-likeness (QED) is 0.808. The van der Waals surface area contributed by atoms with Gasteiger partial charge in [-0.1, -0.05) is 50.2 Å². The van der Waals surface area contributed by atoms with E-state index in [0.717, 1.165) is 11.1 Å². The van der Waals surface area contributed by atoms with Crippen molar-refractivity contribution < 1.29 is 5.11 Å². The summed E-state index contributed by atoms with van der Waals surface area (Å²) in [6.07, 6.45) is -0.591. The normalized spacial score (nSPS) is 12.7. The molecule has 2 aromatic carbocycles. The third kappa shape index (κ3) is 2.71. The van der Waals surface area contributed by atoms with Crippen LogP contribution in [0.25, 0.3) is 0 Å². The Morgan fingerprint density at radius 2 is 1.17 bits per heavy atom. The third-order valence-corrected chi connectivity index (χ3v) is 3.17. The molecule has 18 heavy (non-hydrogen) atoms. The first-order chi connectivity index (χ1) is 8.58. The average molecular weight is 241 g/mol. The lowest BCUT2D eigenvalue weighted by atomic mass is 9.97. The van der Waals surface area contributed by atoms with Crippen LogP contribution < -0.4 is 5.73 Å². The summed E-state index contributed by atoms with van der Waals surface area (Å²) in [6, 6.07) is 15.4. The van der Waals surface area contributed by atoms with Crippen molar-refractivity contribution in [3.05, 3.63) is 65.2 Å². The number of rotatable bonds is 3. The second-order valence-corrected chi connectivity index (χ2v) is 4.89. The Labute approximate surface area is 108 Å². The SMILES string of the molecule is CC(C)c1ccc([C@@H](O)c2ccc(N)cc2)cc1. The maximum absolute atomic E-state index is 10.3. The second kappa shape index (κ2) is 5.23. The van der Waals surface area contributed by atoms with E-state index in [1.807, 2.05) is 24.3 Å². The highest BCUT2D eigenvalue weighted by Crippen LogP contribution is 2.24. The molecule has 0 aliphatic carbocycles. The van der Waals surface area contributed by atoms with Gasteiger partial charge in [0.1, 0.15) is 6.10 Å². The summed E-state index contributed by atoms with van der Waals surface area (Å²) in [6.45, 7) is 4.32. The van der Waals surface area contributed by atoms with Crippen LogP contribution in [-0.4, -0.2) is 5.11 Å². The molecule has 2 nitrogen and oxygen atoms in total. The van der Waals surface area contributed by atoms with Gasteiger partial charge in [0.2, 0.25) is 0 Å². The summed E-state index contributed by atoms with van der Waals surface area (Å²) in [5, 5.41) is 10.3. The lowest BCUT2D eigenvalue weighted by Crippen LogP contribution is -2.00.